The molecule has 0 aliphatic carbocycles. The van der Waals surface area contributed by atoms with Crippen molar-refractivity contribution < 1.29 is 4.74 Å². The zero-order chi connectivity index (χ0) is 25.6. The Kier molecular flexibility index (Phi) is 6.36. The normalized spacial score (nSPS) is 25.6. The first kappa shape index (κ1) is 24.2. The van der Waals surface area contributed by atoms with E-state index < -0.39 is 0 Å². The van der Waals surface area contributed by atoms with Crippen LogP contribution in [0.15, 0.2) is 36.4 Å². The summed E-state index contributed by atoms with van der Waals surface area (Å²) in [6.45, 7) is 7.84. The maximum Gasteiger partial charge on any atom is 0.318 e. The summed E-state index contributed by atoms with van der Waals surface area (Å²) < 4.78 is 6.36. The highest BCUT2D eigenvalue weighted by Crippen LogP contribution is 2.36. The lowest BCUT2D eigenvalue weighted by molar-refractivity contribution is 0.187. The Morgan fingerprint density at radius 2 is 1.76 bits per heavy atom. The molecule has 2 aromatic carbocycles. The fourth-order valence-corrected chi connectivity index (χ4v) is 7.23. The molecule has 3 atom stereocenters. The Balaban J connectivity index is 1.23. The molecule has 0 spiro atoms. The van der Waals surface area contributed by atoms with E-state index in [1.54, 1.807) is 0 Å². The van der Waals surface area contributed by atoms with Crippen LogP contribution in [-0.4, -0.2) is 72.8 Å². The van der Waals surface area contributed by atoms with Crippen LogP contribution >= 0.6 is 0 Å². The fraction of sp³-hybridized carbons (Fsp3) is 0.548. The van der Waals surface area contributed by atoms with Gasteiger partial charge in [-0.2, -0.15) is 9.97 Å². The molecule has 7 heteroatoms. The van der Waals surface area contributed by atoms with Gasteiger partial charge in [0.05, 0.1) is 12.2 Å². The molecule has 4 aliphatic heterocycles. The van der Waals surface area contributed by atoms with Gasteiger partial charge in [0.15, 0.2) is 0 Å². The molecule has 38 heavy (non-hydrogen) atoms. The lowest BCUT2D eigenvalue weighted by atomic mass is 9.93. The Bertz CT molecular complexity index is 1310. The number of anilines is 2. The van der Waals surface area contributed by atoms with E-state index >= 15 is 0 Å². The molecule has 2 unspecified atom stereocenters. The van der Waals surface area contributed by atoms with E-state index in [1.807, 2.05) is 0 Å². The number of nitrogens with one attached hydrogen (secondary N) is 1. The second-order valence-electron chi connectivity index (χ2n) is 11.9. The number of aryl methyl sites for hydroxylation is 1. The number of hydrogen-bond acceptors (Lipinski definition) is 7. The first-order valence-electron chi connectivity index (χ1n) is 14.6. The van der Waals surface area contributed by atoms with Crippen LogP contribution in [0.5, 0.6) is 6.01 Å². The lowest BCUT2D eigenvalue weighted by Crippen LogP contribution is -2.59. The van der Waals surface area contributed by atoms with Gasteiger partial charge in [-0.3, -0.25) is 0 Å². The van der Waals surface area contributed by atoms with Crippen molar-refractivity contribution in [3.63, 3.8) is 0 Å². The Morgan fingerprint density at radius 1 is 0.947 bits per heavy atom. The largest absolute Gasteiger partial charge is 0.462 e. The topological polar surface area (TPSA) is 56.8 Å². The van der Waals surface area contributed by atoms with Crippen molar-refractivity contribution in [2.45, 2.75) is 70.1 Å². The zero-order valence-corrected chi connectivity index (χ0v) is 22.8. The van der Waals surface area contributed by atoms with Gasteiger partial charge in [-0.15, -0.1) is 0 Å². The summed E-state index contributed by atoms with van der Waals surface area (Å²) in [6, 6.07) is 15.4. The molecule has 0 saturated carbocycles. The molecule has 0 radical (unpaired) electrons. The van der Waals surface area contributed by atoms with Crippen molar-refractivity contribution in [1.29, 1.82) is 0 Å². The minimum Gasteiger partial charge on any atom is -0.462 e. The van der Waals surface area contributed by atoms with Gasteiger partial charge in [0.1, 0.15) is 12.4 Å². The van der Waals surface area contributed by atoms with Gasteiger partial charge < -0.3 is 24.8 Å². The standard InChI is InChI=1S/C31H40N6O/c1-21-7-3-8-22-9-4-13-28(29(21)22)36-16-14-26-27(19-36)33-31(38-20-25-12-6-15-35(25)2)34-30(26)37-17-23-10-5-11-24(18-37)32-23/h3-4,7-9,13,23-25,32H,5-6,10-12,14-20H2,1-2H3/t23?,24?,25-/m0/s1. The van der Waals surface area contributed by atoms with Gasteiger partial charge in [-0.05, 0) is 69.6 Å². The summed E-state index contributed by atoms with van der Waals surface area (Å²) >= 11 is 0. The van der Waals surface area contributed by atoms with Gasteiger partial charge in [0.25, 0.3) is 0 Å². The summed E-state index contributed by atoms with van der Waals surface area (Å²) in [5.41, 5.74) is 5.08. The number of piperidine rings is 1. The van der Waals surface area contributed by atoms with Crippen molar-refractivity contribution in [3.8, 4) is 6.01 Å². The highest BCUT2D eigenvalue weighted by molar-refractivity contribution is 5.97. The van der Waals surface area contributed by atoms with E-state index in [1.165, 1.54) is 59.7 Å². The van der Waals surface area contributed by atoms with Gasteiger partial charge >= 0.3 is 6.01 Å². The van der Waals surface area contributed by atoms with Gasteiger partial charge in [0, 0.05) is 54.4 Å². The highest BCUT2D eigenvalue weighted by Gasteiger charge is 2.34. The minimum atomic E-state index is 0.451. The number of aromatic nitrogens is 2. The number of benzene rings is 2. The maximum atomic E-state index is 6.36. The molecule has 2 bridgehead atoms. The summed E-state index contributed by atoms with van der Waals surface area (Å²) in [6.07, 6.45) is 7.23. The Morgan fingerprint density at radius 3 is 2.55 bits per heavy atom. The number of piperazine rings is 1. The van der Waals surface area contributed by atoms with E-state index in [2.05, 4.69) is 70.4 Å². The average molecular weight is 513 g/mol. The van der Waals surface area contributed by atoms with E-state index in [0.717, 1.165) is 50.7 Å². The smallest absolute Gasteiger partial charge is 0.318 e. The van der Waals surface area contributed by atoms with Crippen molar-refractivity contribution >= 4 is 22.3 Å². The SMILES string of the molecule is Cc1cccc2cccc(N3CCc4c(nc(OC[C@@H]5CCCN5C)nc4N4CC5CCCC(C4)N5)C3)c12. The first-order valence-corrected chi connectivity index (χ1v) is 14.6. The monoisotopic (exact) mass is 512 g/mol. The van der Waals surface area contributed by atoms with E-state index in [4.69, 9.17) is 14.7 Å². The van der Waals surface area contributed by atoms with Crippen LogP contribution in [0, 0.1) is 6.92 Å². The molecular weight excluding hydrogens is 472 g/mol. The van der Waals surface area contributed by atoms with Crippen molar-refractivity contribution in [1.82, 2.24) is 20.2 Å². The van der Waals surface area contributed by atoms with Gasteiger partial charge in [0.2, 0.25) is 0 Å². The zero-order valence-electron chi connectivity index (χ0n) is 22.8. The van der Waals surface area contributed by atoms with E-state index in [-0.39, 0.29) is 0 Å². The minimum absolute atomic E-state index is 0.451. The maximum absolute atomic E-state index is 6.36. The summed E-state index contributed by atoms with van der Waals surface area (Å²) in [5, 5.41) is 6.49. The molecule has 7 rings (SSSR count). The van der Waals surface area contributed by atoms with Crippen LogP contribution in [0.4, 0.5) is 11.5 Å². The number of rotatable bonds is 5. The predicted molar refractivity (Wildman–Crippen MR) is 153 cm³/mol. The summed E-state index contributed by atoms with van der Waals surface area (Å²) in [4.78, 5) is 17.6. The summed E-state index contributed by atoms with van der Waals surface area (Å²) in [7, 11) is 2.20. The number of likely N-dealkylation sites (tertiary alicyclic amines) is 1. The molecule has 3 aromatic rings. The fourth-order valence-electron chi connectivity index (χ4n) is 7.23. The van der Waals surface area contributed by atoms with Crippen molar-refractivity contribution in [2.75, 3.05) is 49.6 Å². The number of ether oxygens (including phenoxy) is 1. The van der Waals surface area contributed by atoms with Crippen LogP contribution < -0.4 is 19.9 Å². The molecule has 5 heterocycles. The lowest BCUT2D eigenvalue weighted by Gasteiger charge is -2.44. The molecular formula is C31H40N6O. The Labute approximate surface area is 226 Å². The molecule has 0 amide bonds. The molecule has 7 nitrogen and oxygen atoms in total. The average Bonchev–Trinajstić information content (AvgIpc) is 3.35. The Hall–Kier alpha value is -2.90. The quantitative estimate of drug-likeness (QED) is 0.547. The van der Waals surface area contributed by atoms with Gasteiger partial charge in [-0.1, -0.05) is 36.8 Å². The molecule has 1 N–H and O–H groups in total. The van der Waals surface area contributed by atoms with Crippen LogP contribution in [0.2, 0.25) is 0 Å². The number of fused-ring (bicyclic) bond motifs is 4. The van der Waals surface area contributed by atoms with E-state index in [9.17, 15) is 0 Å². The third kappa shape index (κ3) is 4.50. The molecule has 1 aromatic heterocycles. The number of hydrogen-bond donors (Lipinski definition) is 1. The van der Waals surface area contributed by atoms with Crippen molar-refractivity contribution in [3.05, 3.63) is 53.2 Å². The number of likely N-dealkylation sites (N-methyl/N-ethyl adjacent to an activating group) is 1. The van der Waals surface area contributed by atoms with Crippen LogP contribution in [0.25, 0.3) is 10.8 Å². The van der Waals surface area contributed by atoms with Gasteiger partial charge in [-0.25, -0.2) is 0 Å². The second kappa shape index (κ2) is 10.0. The third-order valence-corrected chi connectivity index (χ3v) is 9.29. The molecule has 3 fully saturated rings. The molecule has 3 saturated heterocycles. The predicted octanol–water partition coefficient (Wildman–Crippen LogP) is 4.30. The number of nitrogens with zero attached hydrogens (tertiary/aromatic N) is 5. The van der Waals surface area contributed by atoms with Crippen LogP contribution in [-0.2, 0) is 13.0 Å². The first-order chi connectivity index (χ1) is 18.6. The van der Waals surface area contributed by atoms with Crippen molar-refractivity contribution in [2.24, 2.45) is 0 Å². The van der Waals surface area contributed by atoms with Crippen LogP contribution in [0.1, 0.15) is 48.9 Å². The van der Waals surface area contributed by atoms with E-state index in [0.29, 0.717) is 30.7 Å². The van der Waals surface area contributed by atoms with Crippen LogP contribution in [0.3, 0.4) is 0 Å². The second-order valence-corrected chi connectivity index (χ2v) is 11.9. The molecule has 4 aliphatic rings. The summed E-state index contributed by atoms with van der Waals surface area (Å²) in [5.74, 6) is 1.12. The third-order valence-electron chi connectivity index (χ3n) is 9.29. The molecule has 200 valence electrons. The highest BCUT2D eigenvalue weighted by atomic mass is 16.5.